The number of hydrogen-bond acceptors (Lipinski definition) is 6. The van der Waals surface area contributed by atoms with Gasteiger partial charge in [0.05, 0.1) is 27.1 Å². The summed E-state index contributed by atoms with van der Waals surface area (Å²) in [7, 11) is 1.01. The Balaban J connectivity index is 1.83. The van der Waals surface area contributed by atoms with Crippen LogP contribution < -0.4 is 24.2 Å². The normalized spacial score (nSPS) is 11.0. The number of hydrogen-bond donors (Lipinski definition) is 2. The smallest absolute Gasteiger partial charge is 0.251 e. The number of carbonyl (C=O) groups is 1. The van der Waals surface area contributed by atoms with Gasteiger partial charge in [-0.05, 0) is 30.2 Å². The molecule has 2 aromatic carbocycles. The Hall–Kier alpha value is -2.78. The molecule has 1 amide bonds. The van der Waals surface area contributed by atoms with Crippen LogP contribution in [0.1, 0.15) is 15.9 Å². The number of sulfonamides is 1. The first kappa shape index (κ1) is 22.5. The lowest BCUT2D eigenvalue weighted by atomic mass is 10.1. The third-order valence-corrected chi connectivity index (χ3v) is 5.56. The molecule has 0 saturated carbocycles. The van der Waals surface area contributed by atoms with Crippen LogP contribution in [0, 0.1) is 0 Å². The van der Waals surface area contributed by atoms with Gasteiger partial charge in [0.25, 0.3) is 5.91 Å². The minimum atomic E-state index is -3.53. The number of rotatable bonds is 11. The number of carbonyl (C=O) groups excluding carboxylic acids is 1. The van der Waals surface area contributed by atoms with Crippen LogP contribution in [-0.2, 0) is 16.4 Å². The molecule has 0 saturated heterocycles. The van der Waals surface area contributed by atoms with Crippen LogP contribution in [0.4, 0.5) is 0 Å². The second kappa shape index (κ2) is 10.7. The van der Waals surface area contributed by atoms with E-state index in [1.165, 1.54) is 14.2 Å². The Morgan fingerprint density at radius 1 is 0.931 bits per heavy atom. The summed E-state index contributed by atoms with van der Waals surface area (Å²) in [6.07, 6.45) is 0.499. The molecule has 0 radical (unpaired) electrons. The summed E-state index contributed by atoms with van der Waals surface area (Å²) < 4.78 is 42.4. The van der Waals surface area contributed by atoms with Crippen molar-refractivity contribution in [3.63, 3.8) is 0 Å². The van der Waals surface area contributed by atoms with E-state index >= 15 is 0 Å². The van der Waals surface area contributed by atoms with Crippen molar-refractivity contribution in [2.45, 2.75) is 6.42 Å². The quantitative estimate of drug-likeness (QED) is 0.570. The maximum absolute atomic E-state index is 12.3. The number of benzene rings is 2. The van der Waals surface area contributed by atoms with E-state index in [2.05, 4.69) is 10.0 Å². The maximum atomic E-state index is 12.3. The van der Waals surface area contributed by atoms with E-state index in [0.717, 1.165) is 5.56 Å². The van der Waals surface area contributed by atoms with Gasteiger partial charge in [-0.15, -0.1) is 0 Å². The van der Waals surface area contributed by atoms with E-state index in [-0.39, 0.29) is 18.8 Å². The molecule has 0 aromatic heterocycles. The fourth-order valence-corrected chi connectivity index (χ4v) is 3.59. The van der Waals surface area contributed by atoms with Gasteiger partial charge in [0.2, 0.25) is 10.0 Å². The van der Waals surface area contributed by atoms with E-state index < -0.39 is 15.9 Å². The summed E-state index contributed by atoms with van der Waals surface area (Å²) in [6, 6.07) is 12.2. The molecule has 8 nitrogen and oxygen atoms in total. The zero-order valence-corrected chi connectivity index (χ0v) is 17.5. The molecular formula is C20H26N2O6S. The molecule has 0 spiro atoms. The lowest BCUT2D eigenvalue weighted by Gasteiger charge is -2.11. The van der Waals surface area contributed by atoms with Crippen molar-refractivity contribution in [3.05, 3.63) is 53.6 Å². The molecule has 9 heteroatoms. The molecule has 0 bridgehead atoms. The number of methoxy groups -OCH3 is 3. The molecule has 2 N–H and O–H groups in total. The van der Waals surface area contributed by atoms with Crippen LogP contribution in [0.3, 0.4) is 0 Å². The highest BCUT2D eigenvalue weighted by Crippen LogP contribution is 2.22. The lowest BCUT2D eigenvalue weighted by molar-refractivity contribution is 0.0955. The van der Waals surface area contributed by atoms with Gasteiger partial charge >= 0.3 is 0 Å². The fourth-order valence-electron chi connectivity index (χ4n) is 2.66. The topological polar surface area (TPSA) is 103 Å². The van der Waals surface area contributed by atoms with Gasteiger partial charge in [-0.25, -0.2) is 13.1 Å². The number of para-hydroxylation sites is 1. The van der Waals surface area contributed by atoms with Crippen LogP contribution in [0.15, 0.2) is 42.5 Å². The molecule has 2 aromatic rings. The summed E-state index contributed by atoms with van der Waals surface area (Å²) in [5.74, 6) is 1.02. The Morgan fingerprint density at radius 2 is 1.59 bits per heavy atom. The SMILES string of the molecule is COc1cc(OC)cc(C(=O)NCCS(=O)(=O)NCCc2ccccc2OC)c1. The second-order valence-electron chi connectivity index (χ2n) is 6.13. The van der Waals surface area contributed by atoms with E-state index in [0.29, 0.717) is 29.2 Å². The summed E-state index contributed by atoms with van der Waals surface area (Å²) in [6.45, 7) is 0.214. The molecule has 158 valence electrons. The zero-order chi connectivity index (χ0) is 21.3. The Bertz CT molecular complexity index is 908. The van der Waals surface area contributed by atoms with Crippen molar-refractivity contribution in [2.75, 3.05) is 40.2 Å². The number of nitrogens with one attached hydrogen (secondary N) is 2. The van der Waals surface area contributed by atoms with Crippen molar-refractivity contribution in [1.82, 2.24) is 10.0 Å². The van der Waals surface area contributed by atoms with Crippen LogP contribution >= 0.6 is 0 Å². The van der Waals surface area contributed by atoms with Crippen LogP contribution in [0.2, 0.25) is 0 Å². The highest BCUT2D eigenvalue weighted by Gasteiger charge is 2.13. The molecule has 0 atom stereocenters. The van der Waals surface area contributed by atoms with Gasteiger partial charge in [-0.3, -0.25) is 4.79 Å². The number of amides is 1. The van der Waals surface area contributed by atoms with Gasteiger partial charge in [-0.1, -0.05) is 18.2 Å². The van der Waals surface area contributed by atoms with E-state index in [1.807, 2.05) is 24.3 Å². The fraction of sp³-hybridized carbons (Fsp3) is 0.350. The van der Waals surface area contributed by atoms with Gasteiger partial charge in [0, 0.05) is 24.7 Å². The average Bonchev–Trinajstić information content (AvgIpc) is 2.73. The molecule has 0 aliphatic carbocycles. The van der Waals surface area contributed by atoms with Gasteiger partial charge < -0.3 is 19.5 Å². The first-order valence-electron chi connectivity index (χ1n) is 8.99. The van der Waals surface area contributed by atoms with Crippen LogP contribution in [-0.4, -0.2) is 54.5 Å². The highest BCUT2D eigenvalue weighted by molar-refractivity contribution is 7.89. The standard InChI is InChI=1S/C20H26N2O6S/c1-26-17-12-16(13-18(14-17)27-2)20(23)21-10-11-29(24,25)22-9-8-15-6-4-5-7-19(15)28-3/h4-7,12-14,22H,8-11H2,1-3H3,(H,21,23). The van der Waals surface area contributed by atoms with Crippen molar-refractivity contribution in [3.8, 4) is 17.2 Å². The van der Waals surface area contributed by atoms with Crippen LogP contribution in [0.25, 0.3) is 0 Å². The largest absolute Gasteiger partial charge is 0.497 e. The minimum Gasteiger partial charge on any atom is -0.497 e. The van der Waals surface area contributed by atoms with E-state index in [9.17, 15) is 13.2 Å². The molecule has 0 fully saturated rings. The molecule has 0 aliphatic rings. The molecule has 0 unspecified atom stereocenters. The molecule has 29 heavy (non-hydrogen) atoms. The first-order chi connectivity index (χ1) is 13.9. The Morgan fingerprint density at radius 3 is 2.21 bits per heavy atom. The maximum Gasteiger partial charge on any atom is 0.251 e. The summed E-state index contributed by atoms with van der Waals surface area (Å²) in [5.41, 5.74) is 1.24. The van der Waals surface area contributed by atoms with Gasteiger partial charge in [0.15, 0.2) is 0 Å². The Labute approximate surface area is 171 Å². The number of ether oxygens (including phenoxy) is 3. The van der Waals surface area contributed by atoms with E-state index in [1.54, 1.807) is 25.3 Å². The third kappa shape index (κ3) is 6.95. The van der Waals surface area contributed by atoms with Gasteiger partial charge in [-0.2, -0.15) is 0 Å². The van der Waals surface area contributed by atoms with Crippen molar-refractivity contribution in [2.24, 2.45) is 0 Å². The van der Waals surface area contributed by atoms with E-state index in [4.69, 9.17) is 14.2 Å². The Kier molecular flexibility index (Phi) is 8.29. The van der Waals surface area contributed by atoms with Crippen molar-refractivity contribution in [1.29, 1.82) is 0 Å². The van der Waals surface area contributed by atoms with Crippen molar-refractivity contribution >= 4 is 15.9 Å². The summed E-state index contributed by atoms with van der Waals surface area (Å²) >= 11 is 0. The predicted octanol–water partition coefficient (Wildman–Crippen LogP) is 1.60. The molecular weight excluding hydrogens is 396 g/mol. The highest BCUT2D eigenvalue weighted by atomic mass is 32.2. The van der Waals surface area contributed by atoms with Gasteiger partial charge in [0.1, 0.15) is 17.2 Å². The summed E-state index contributed by atoms with van der Waals surface area (Å²) in [4.78, 5) is 12.3. The first-order valence-corrected chi connectivity index (χ1v) is 10.6. The third-order valence-electron chi connectivity index (χ3n) is 4.18. The second-order valence-corrected chi connectivity index (χ2v) is 8.06. The lowest BCUT2D eigenvalue weighted by Crippen LogP contribution is -2.35. The molecule has 0 aliphatic heterocycles. The minimum absolute atomic E-state index is 0.0254. The molecule has 2 rings (SSSR count). The summed E-state index contributed by atoms with van der Waals surface area (Å²) in [5, 5.41) is 2.59. The molecule has 0 heterocycles. The zero-order valence-electron chi connectivity index (χ0n) is 16.7. The monoisotopic (exact) mass is 422 g/mol. The van der Waals surface area contributed by atoms with Crippen LogP contribution in [0.5, 0.6) is 17.2 Å². The predicted molar refractivity (Wildman–Crippen MR) is 110 cm³/mol. The average molecular weight is 423 g/mol. The van der Waals surface area contributed by atoms with Crippen molar-refractivity contribution < 1.29 is 27.4 Å².